The zero-order valence-electron chi connectivity index (χ0n) is 32.8. The van der Waals surface area contributed by atoms with Crippen LogP contribution in [0.3, 0.4) is 0 Å². The van der Waals surface area contributed by atoms with Gasteiger partial charge in [0.2, 0.25) is 0 Å². The van der Waals surface area contributed by atoms with Crippen LogP contribution in [0.5, 0.6) is 0 Å². The minimum absolute atomic E-state index is 0.699. The highest BCUT2D eigenvalue weighted by atomic mass is 15.2. The maximum atomic E-state index is 3.25. The first-order valence-electron chi connectivity index (χ1n) is 22.9. The van der Waals surface area contributed by atoms with Crippen LogP contribution in [0.1, 0.15) is 214 Å². The van der Waals surface area contributed by atoms with Crippen LogP contribution in [0.2, 0.25) is 0 Å². The second-order valence-corrected chi connectivity index (χ2v) is 20.4. The normalized spacial score (nSPS) is 44.9. The third kappa shape index (κ3) is 8.26. The summed E-state index contributed by atoms with van der Waals surface area (Å²) < 4.78 is 0. The van der Waals surface area contributed by atoms with Gasteiger partial charge in [-0.05, 0) is 208 Å². The van der Waals surface area contributed by atoms with Gasteiger partial charge in [-0.25, -0.2) is 0 Å². The average molecular weight is 663 g/mol. The third-order valence-corrected chi connectivity index (χ3v) is 17.3. The molecule has 2 nitrogen and oxygen atoms in total. The summed E-state index contributed by atoms with van der Waals surface area (Å²) in [6, 6.07) is 5.43. The molecule has 7 aliphatic rings. The second-order valence-electron chi connectivity index (χ2n) is 20.4. The lowest BCUT2D eigenvalue weighted by Gasteiger charge is -2.56. The molecule has 48 heavy (non-hydrogen) atoms. The van der Waals surface area contributed by atoms with Crippen molar-refractivity contribution in [1.82, 2.24) is 9.80 Å². The molecule has 0 heterocycles. The minimum Gasteiger partial charge on any atom is -0.294 e. The third-order valence-electron chi connectivity index (χ3n) is 17.3. The predicted octanol–water partition coefficient (Wildman–Crippen LogP) is 13.0. The average Bonchev–Trinajstić information content (AvgIpc) is 3.13. The van der Waals surface area contributed by atoms with Gasteiger partial charge >= 0.3 is 0 Å². The van der Waals surface area contributed by atoms with Crippen LogP contribution in [-0.2, 0) is 0 Å². The van der Waals surface area contributed by atoms with Crippen molar-refractivity contribution in [3.63, 3.8) is 0 Å². The lowest BCUT2D eigenvalue weighted by Crippen LogP contribution is -2.54. The van der Waals surface area contributed by atoms with E-state index in [1.54, 1.807) is 51.4 Å². The first-order valence-corrected chi connectivity index (χ1v) is 22.9. The Morgan fingerprint density at radius 1 is 0.292 bits per heavy atom. The van der Waals surface area contributed by atoms with E-state index in [4.69, 9.17) is 0 Å². The Bertz CT molecular complexity index is 807. The molecule has 276 valence electrons. The highest BCUT2D eigenvalue weighted by molar-refractivity contribution is 5.01. The van der Waals surface area contributed by atoms with Crippen molar-refractivity contribution in [3.05, 3.63) is 0 Å². The molecule has 0 bridgehead atoms. The summed E-state index contributed by atoms with van der Waals surface area (Å²) >= 11 is 0. The molecule has 0 aromatic heterocycles. The summed E-state index contributed by atoms with van der Waals surface area (Å²) in [4.78, 5) is 6.50. The first-order chi connectivity index (χ1) is 23.4. The van der Waals surface area contributed by atoms with E-state index in [0.29, 0.717) is 5.41 Å². The molecular weight excluding hydrogens is 581 g/mol. The summed E-state index contributed by atoms with van der Waals surface area (Å²) in [6.45, 7) is 10.1. The van der Waals surface area contributed by atoms with Crippen molar-refractivity contribution in [2.45, 2.75) is 250 Å². The summed E-state index contributed by atoms with van der Waals surface area (Å²) in [5.41, 5.74) is 0.699. The molecular formula is C46H82N2. The molecule has 0 radical (unpaired) electrons. The molecule has 7 fully saturated rings. The van der Waals surface area contributed by atoms with Gasteiger partial charge in [-0.3, -0.25) is 9.80 Å². The zero-order chi connectivity index (χ0) is 33.1. The highest BCUT2D eigenvalue weighted by Gasteiger charge is 2.49. The Hall–Kier alpha value is -0.0800. The van der Waals surface area contributed by atoms with Crippen molar-refractivity contribution in [2.24, 2.45) is 40.9 Å². The fourth-order valence-corrected chi connectivity index (χ4v) is 14.2. The van der Waals surface area contributed by atoms with Gasteiger partial charge < -0.3 is 0 Å². The quantitative estimate of drug-likeness (QED) is 0.255. The number of nitrogens with zero attached hydrogens (tertiary/aromatic N) is 2. The van der Waals surface area contributed by atoms with Gasteiger partial charge in [0.05, 0.1) is 0 Å². The fraction of sp³-hybridized carbons (Fsp3) is 1.00. The lowest BCUT2D eigenvalue weighted by molar-refractivity contribution is -0.0578. The summed E-state index contributed by atoms with van der Waals surface area (Å²) in [5.74, 6) is 5.94. The van der Waals surface area contributed by atoms with Gasteiger partial charge in [-0.2, -0.15) is 0 Å². The molecule has 7 rings (SSSR count). The van der Waals surface area contributed by atoms with Crippen molar-refractivity contribution in [3.8, 4) is 0 Å². The van der Waals surface area contributed by atoms with Crippen molar-refractivity contribution >= 4 is 0 Å². The Labute approximate surface area is 300 Å². The van der Waals surface area contributed by atoms with Gasteiger partial charge in [0.1, 0.15) is 0 Å². The summed E-state index contributed by atoms with van der Waals surface area (Å²) in [5, 5.41) is 0. The molecule has 0 N–H and O–H groups in total. The van der Waals surface area contributed by atoms with Crippen LogP contribution in [0, 0.1) is 40.9 Å². The van der Waals surface area contributed by atoms with E-state index < -0.39 is 0 Å². The van der Waals surface area contributed by atoms with Crippen LogP contribution in [-0.4, -0.2) is 46.1 Å². The van der Waals surface area contributed by atoms with E-state index in [-0.39, 0.29) is 0 Å². The highest BCUT2D eigenvalue weighted by Crippen LogP contribution is 2.57. The Kier molecular flexibility index (Phi) is 12.6. The molecule has 2 heteroatoms. The molecule has 0 aromatic rings. The summed E-state index contributed by atoms with van der Waals surface area (Å²) in [6.07, 6.45) is 44.1. The van der Waals surface area contributed by atoms with Gasteiger partial charge in [0.25, 0.3) is 0 Å². The Morgan fingerprint density at radius 2 is 0.521 bits per heavy atom. The fourth-order valence-electron chi connectivity index (χ4n) is 14.2. The largest absolute Gasteiger partial charge is 0.294 e. The maximum absolute atomic E-state index is 3.25. The molecule has 0 saturated heterocycles. The standard InChI is InChI=1S/C46H82N2/c1-34-8-20-40(21-9-34)47(41-22-10-35(2)11-23-41)44-28-16-38(17-29-44)46(32-6-5-7-33-46)39-18-30-45(31-19-39)48(42-24-12-36(3)13-25-42)43-26-14-37(4)15-27-43/h34-45H,5-33H2,1-4H3. The monoisotopic (exact) mass is 663 g/mol. The van der Waals surface area contributed by atoms with Gasteiger partial charge in [0, 0.05) is 36.3 Å². The van der Waals surface area contributed by atoms with E-state index in [1.807, 2.05) is 0 Å². The number of rotatable bonds is 8. The van der Waals surface area contributed by atoms with E-state index >= 15 is 0 Å². The van der Waals surface area contributed by atoms with Crippen LogP contribution in [0.15, 0.2) is 0 Å². The van der Waals surface area contributed by atoms with E-state index in [0.717, 1.165) is 71.8 Å². The SMILES string of the molecule is CC1CCC(N(C2CCC(C)CC2)C2CCC(C3(C4CCC(N(C5CCC(C)CC5)C5CCC(C)CC5)CC4)CCCCC3)CC2)CC1. The van der Waals surface area contributed by atoms with E-state index in [2.05, 4.69) is 37.5 Å². The Balaban J connectivity index is 1.01. The van der Waals surface area contributed by atoms with Crippen molar-refractivity contribution in [1.29, 1.82) is 0 Å². The molecule has 0 spiro atoms. The maximum Gasteiger partial charge on any atom is 0.0101 e. The van der Waals surface area contributed by atoms with Crippen molar-refractivity contribution in [2.75, 3.05) is 0 Å². The molecule has 0 amide bonds. The number of hydrogen-bond donors (Lipinski definition) is 0. The molecule has 0 unspecified atom stereocenters. The molecule has 0 aliphatic heterocycles. The molecule has 0 atom stereocenters. The Morgan fingerprint density at radius 3 is 0.771 bits per heavy atom. The van der Waals surface area contributed by atoms with Gasteiger partial charge in [0.15, 0.2) is 0 Å². The van der Waals surface area contributed by atoms with E-state index in [1.165, 1.54) is 135 Å². The van der Waals surface area contributed by atoms with Gasteiger partial charge in [-0.1, -0.05) is 47.0 Å². The van der Waals surface area contributed by atoms with Crippen LogP contribution >= 0.6 is 0 Å². The molecule has 7 aliphatic carbocycles. The van der Waals surface area contributed by atoms with Gasteiger partial charge in [-0.15, -0.1) is 0 Å². The van der Waals surface area contributed by atoms with Crippen LogP contribution < -0.4 is 0 Å². The molecule has 0 aromatic carbocycles. The van der Waals surface area contributed by atoms with Crippen LogP contribution in [0.25, 0.3) is 0 Å². The second kappa shape index (κ2) is 16.7. The van der Waals surface area contributed by atoms with Crippen LogP contribution in [0.4, 0.5) is 0 Å². The lowest BCUT2D eigenvalue weighted by atomic mass is 9.53. The topological polar surface area (TPSA) is 6.48 Å². The zero-order valence-corrected chi connectivity index (χ0v) is 32.8. The summed E-state index contributed by atoms with van der Waals surface area (Å²) in [7, 11) is 0. The smallest absolute Gasteiger partial charge is 0.0101 e. The predicted molar refractivity (Wildman–Crippen MR) is 206 cm³/mol. The van der Waals surface area contributed by atoms with Crippen molar-refractivity contribution < 1.29 is 0 Å². The first kappa shape index (κ1) is 36.3. The minimum atomic E-state index is 0.699. The number of hydrogen-bond acceptors (Lipinski definition) is 2. The van der Waals surface area contributed by atoms with E-state index in [9.17, 15) is 0 Å². The molecule has 7 saturated carbocycles.